The van der Waals surface area contributed by atoms with Crippen LogP contribution in [0.4, 0.5) is 0 Å². The van der Waals surface area contributed by atoms with Crippen molar-refractivity contribution in [2.75, 3.05) is 0 Å². The van der Waals surface area contributed by atoms with Gasteiger partial charge in [0.15, 0.2) is 0 Å². The first-order valence-corrected chi connectivity index (χ1v) is 4.45. The first kappa shape index (κ1) is 5.95. The van der Waals surface area contributed by atoms with Crippen molar-refractivity contribution < 1.29 is 16.8 Å². The predicted octanol–water partition coefficient (Wildman–Crippen LogP) is -2.33. The predicted molar refractivity (Wildman–Crippen MR) is 24.1 cm³/mol. The van der Waals surface area contributed by atoms with Crippen LogP contribution in [0.1, 0.15) is 0 Å². The fourth-order valence-corrected chi connectivity index (χ4v) is 2.60. The van der Waals surface area contributed by atoms with E-state index in [0.29, 0.717) is 0 Å². The van der Waals surface area contributed by atoms with Crippen LogP contribution in [-0.2, 0) is 20.4 Å². The summed E-state index contributed by atoms with van der Waals surface area (Å²) in [6, 6.07) is 0. The van der Waals surface area contributed by atoms with E-state index in [1.165, 1.54) is 8.25 Å². The molecule has 1 aliphatic rings. The summed E-state index contributed by atoms with van der Waals surface area (Å²) in [6.45, 7) is 0. The Kier molecular flexibility index (Phi) is 0.899. The molecule has 2 N–H and O–H groups in total. The van der Waals surface area contributed by atoms with Crippen LogP contribution in [0.25, 0.3) is 0 Å². The van der Waals surface area contributed by atoms with Gasteiger partial charge in [-0.3, -0.25) is 0 Å². The minimum atomic E-state index is -3.68. The van der Waals surface area contributed by atoms with E-state index in [2.05, 4.69) is 0 Å². The van der Waals surface area contributed by atoms with Gasteiger partial charge in [-0.2, -0.15) is 16.8 Å². The third-order valence-corrected chi connectivity index (χ3v) is 3.95. The maximum absolute atomic E-state index is 9.90. The quantitative estimate of drug-likeness (QED) is 0.413. The van der Waals surface area contributed by atoms with Crippen LogP contribution in [0, 0.1) is 0 Å². The molecule has 8 heavy (non-hydrogen) atoms. The summed E-state index contributed by atoms with van der Waals surface area (Å²) in [7, 11) is -7.35. The van der Waals surface area contributed by atoms with Gasteiger partial charge in [-0.15, -0.1) is 0 Å². The van der Waals surface area contributed by atoms with Crippen molar-refractivity contribution >= 4 is 20.4 Å². The second kappa shape index (κ2) is 1.21. The van der Waals surface area contributed by atoms with Crippen molar-refractivity contribution in [3.63, 3.8) is 0 Å². The largest absolute Gasteiger partial charge is 0.305 e. The molecule has 48 valence electrons. The van der Waals surface area contributed by atoms with Crippen molar-refractivity contribution in [2.45, 2.75) is 0 Å². The molecule has 0 amide bonds. The van der Waals surface area contributed by atoms with Gasteiger partial charge in [0, 0.05) is 0 Å². The van der Waals surface area contributed by atoms with E-state index >= 15 is 0 Å². The molecule has 1 aliphatic heterocycles. The van der Waals surface area contributed by atoms with Gasteiger partial charge < -0.3 is 0 Å². The van der Waals surface area contributed by atoms with Gasteiger partial charge in [-0.1, -0.05) is 8.25 Å². The monoisotopic (exact) mass is 158 g/mol. The van der Waals surface area contributed by atoms with Crippen LogP contribution in [0.2, 0.25) is 0 Å². The fourth-order valence-electron chi connectivity index (χ4n) is 0.289. The molecule has 0 bridgehead atoms. The van der Waals surface area contributed by atoms with E-state index in [4.69, 9.17) is 0 Å². The smallest absolute Gasteiger partial charge is 0.193 e. The molecular weight excluding hydrogens is 156 g/mol. The molecule has 0 aromatic carbocycles. The minimum absolute atomic E-state index is 1.29. The molecule has 0 unspecified atom stereocenters. The van der Waals surface area contributed by atoms with Gasteiger partial charge in [0.05, 0.1) is 0 Å². The highest BCUT2D eigenvalue weighted by molar-refractivity contribution is 8.17. The van der Waals surface area contributed by atoms with E-state index in [1.54, 1.807) is 0 Å². The van der Waals surface area contributed by atoms with Gasteiger partial charge in [-0.05, 0) is 0 Å². The lowest BCUT2D eigenvalue weighted by Gasteiger charge is -2.14. The van der Waals surface area contributed by atoms with Crippen LogP contribution in [0.3, 0.4) is 0 Å². The molecule has 1 fully saturated rings. The molecule has 1 saturated heterocycles. The molecule has 0 aromatic heterocycles. The van der Waals surface area contributed by atoms with Crippen LogP contribution < -0.4 is 8.25 Å². The number of hydrogen-bond donors (Lipinski definition) is 2. The summed E-state index contributed by atoms with van der Waals surface area (Å²) < 4.78 is 42.2. The highest BCUT2D eigenvalue weighted by Crippen LogP contribution is 1.95. The lowest BCUT2D eigenvalue weighted by molar-refractivity contribution is 0.551. The Morgan fingerprint density at radius 2 is 1.00 bits per heavy atom. The SMILES string of the molecule is O=S1(=O)NS(=O)(=O)N1. The average Bonchev–Trinajstić information content (AvgIpc) is 1.20. The average molecular weight is 158 g/mol. The van der Waals surface area contributed by atoms with Gasteiger partial charge in [0.25, 0.3) is 0 Å². The Morgan fingerprint density at radius 3 is 1.00 bits per heavy atom. The van der Waals surface area contributed by atoms with Crippen molar-refractivity contribution in [3.05, 3.63) is 0 Å². The second-order valence-corrected chi connectivity index (χ2v) is 4.52. The Hall–Kier alpha value is -0.180. The topological polar surface area (TPSA) is 92.3 Å². The zero-order valence-corrected chi connectivity index (χ0v) is 5.08. The molecule has 0 atom stereocenters. The van der Waals surface area contributed by atoms with Crippen LogP contribution in [-0.4, -0.2) is 16.8 Å². The minimum Gasteiger partial charge on any atom is -0.193 e. The summed E-state index contributed by atoms with van der Waals surface area (Å²) in [5, 5.41) is 0. The maximum atomic E-state index is 9.90. The van der Waals surface area contributed by atoms with Crippen molar-refractivity contribution in [3.8, 4) is 0 Å². The second-order valence-electron chi connectivity index (χ2n) is 1.17. The highest BCUT2D eigenvalue weighted by atomic mass is 32.3. The van der Waals surface area contributed by atoms with E-state index in [0.717, 1.165) is 0 Å². The zero-order chi connectivity index (χ0) is 6.41. The molecule has 6 nitrogen and oxygen atoms in total. The lowest BCUT2D eigenvalue weighted by atomic mass is 13.8. The third-order valence-electron chi connectivity index (χ3n) is 0.439. The standard InChI is InChI=1S/H2N2O4S2/c3-7(4)1-8(5,6)2-7/h1-2H. The summed E-state index contributed by atoms with van der Waals surface area (Å²) in [5.74, 6) is 0. The van der Waals surface area contributed by atoms with E-state index in [9.17, 15) is 16.8 Å². The molecule has 1 heterocycles. The molecule has 1 rings (SSSR count). The Balaban J connectivity index is 3.00. The van der Waals surface area contributed by atoms with Gasteiger partial charge >= 0.3 is 20.4 Å². The van der Waals surface area contributed by atoms with Crippen molar-refractivity contribution in [2.24, 2.45) is 0 Å². The van der Waals surface area contributed by atoms with Crippen molar-refractivity contribution in [1.82, 2.24) is 8.25 Å². The summed E-state index contributed by atoms with van der Waals surface area (Å²) >= 11 is 0. The van der Waals surface area contributed by atoms with Gasteiger partial charge in [-0.25, -0.2) is 0 Å². The molecule has 0 radical (unpaired) electrons. The Morgan fingerprint density at radius 1 is 0.750 bits per heavy atom. The Bertz CT molecular complexity index is 232. The highest BCUT2D eigenvalue weighted by Gasteiger charge is 2.35. The third kappa shape index (κ3) is 0.968. The maximum Gasteiger partial charge on any atom is 0.305 e. The Labute approximate surface area is 46.3 Å². The van der Waals surface area contributed by atoms with E-state index < -0.39 is 20.4 Å². The molecule has 0 aliphatic carbocycles. The fraction of sp³-hybridized carbons (Fsp3) is 0. The van der Waals surface area contributed by atoms with Gasteiger partial charge in [0.1, 0.15) is 0 Å². The molecule has 0 aromatic rings. The van der Waals surface area contributed by atoms with Crippen LogP contribution >= 0.6 is 0 Å². The number of nitrogens with one attached hydrogen (secondary N) is 2. The van der Waals surface area contributed by atoms with Crippen molar-refractivity contribution in [1.29, 1.82) is 0 Å². The molecule has 0 saturated carbocycles. The summed E-state index contributed by atoms with van der Waals surface area (Å²) in [5.41, 5.74) is 0. The molecule has 8 heteroatoms. The number of rotatable bonds is 0. The molecular formula is H2N2O4S2. The number of hydrogen-bond acceptors (Lipinski definition) is 4. The van der Waals surface area contributed by atoms with Crippen LogP contribution in [0.15, 0.2) is 0 Å². The van der Waals surface area contributed by atoms with Crippen LogP contribution in [0.5, 0.6) is 0 Å². The van der Waals surface area contributed by atoms with E-state index in [1.807, 2.05) is 0 Å². The zero-order valence-electron chi connectivity index (χ0n) is 3.45. The van der Waals surface area contributed by atoms with E-state index in [-0.39, 0.29) is 0 Å². The first-order valence-electron chi connectivity index (χ1n) is 1.48. The summed E-state index contributed by atoms with van der Waals surface area (Å²) in [6.07, 6.45) is 0. The lowest BCUT2D eigenvalue weighted by Crippen LogP contribution is -2.58. The summed E-state index contributed by atoms with van der Waals surface area (Å²) in [4.78, 5) is 0. The molecule has 0 spiro atoms. The normalized spacial score (nSPS) is 31.0. The van der Waals surface area contributed by atoms with Gasteiger partial charge in [0.2, 0.25) is 0 Å². The first-order chi connectivity index (χ1) is 3.41.